The van der Waals surface area contributed by atoms with Gasteiger partial charge in [-0.05, 0) is 42.8 Å². The lowest BCUT2D eigenvalue weighted by Gasteiger charge is -2.09. The second-order valence-corrected chi connectivity index (χ2v) is 5.55. The van der Waals surface area contributed by atoms with Crippen molar-refractivity contribution < 1.29 is 23.8 Å². The molecule has 0 spiro atoms. The number of benzene rings is 2. The Balaban J connectivity index is 1.85. The summed E-state index contributed by atoms with van der Waals surface area (Å²) in [7, 11) is 2.99. The molecular weight excluding hydrogens is 362 g/mol. The fourth-order valence-electron chi connectivity index (χ4n) is 2.31. The van der Waals surface area contributed by atoms with E-state index in [1.165, 1.54) is 26.5 Å². The maximum absolute atomic E-state index is 12.2. The molecule has 0 heterocycles. The number of carbonyl (C=O) groups is 2. The van der Waals surface area contributed by atoms with Crippen LogP contribution in [-0.2, 0) is 4.79 Å². The van der Waals surface area contributed by atoms with Crippen LogP contribution in [0.3, 0.4) is 0 Å². The molecule has 0 unspecified atom stereocenters. The first-order valence-electron chi connectivity index (χ1n) is 8.62. The number of nitrogens with one attached hydrogen (secondary N) is 2. The van der Waals surface area contributed by atoms with Crippen LogP contribution < -0.4 is 25.0 Å². The van der Waals surface area contributed by atoms with Gasteiger partial charge in [-0.25, -0.2) is 5.43 Å². The van der Waals surface area contributed by atoms with Gasteiger partial charge in [0.15, 0.2) is 11.5 Å². The molecule has 148 valence electrons. The number of carbonyl (C=O) groups excluding carboxylic acids is 2. The second kappa shape index (κ2) is 10.6. The van der Waals surface area contributed by atoms with Gasteiger partial charge in [-0.15, -0.1) is 0 Å². The van der Waals surface area contributed by atoms with Gasteiger partial charge in [0.05, 0.1) is 33.6 Å². The molecule has 2 amide bonds. The lowest BCUT2D eigenvalue weighted by atomic mass is 10.2. The van der Waals surface area contributed by atoms with Crippen LogP contribution in [-0.4, -0.2) is 45.4 Å². The Morgan fingerprint density at radius 2 is 1.86 bits per heavy atom. The van der Waals surface area contributed by atoms with Crippen LogP contribution in [0.1, 0.15) is 22.8 Å². The van der Waals surface area contributed by atoms with Gasteiger partial charge < -0.3 is 19.5 Å². The fraction of sp³-hybridized carbons (Fsp3) is 0.250. The van der Waals surface area contributed by atoms with Crippen LogP contribution in [0, 0.1) is 0 Å². The summed E-state index contributed by atoms with van der Waals surface area (Å²) in [6.07, 6.45) is 1.50. The van der Waals surface area contributed by atoms with Gasteiger partial charge in [0, 0.05) is 5.56 Å². The molecule has 0 fully saturated rings. The quantitative estimate of drug-likeness (QED) is 0.508. The molecule has 8 nitrogen and oxygen atoms in total. The summed E-state index contributed by atoms with van der Waals surface area (Å²) in [6, 6.07) is 12.0. The van der Waals surface area contributed by atoms with Crippen LogP contribution in [0.2, 0.25) is 0 Å². The molecule has 28 heavy (non-hydrogen) atoms. The molecule has 0 bridgehead atoms. The Morgan fingerprint density at radius 3 is 2.57 bits per heavy atom. The smallest absolute Gasteiger partial charge is 0.259 e. The zero-order valence-electron chi connectivity index (χ0n) is 16.0. The van der Waals surface area contributed by atoms with Crippen molar-refractivity contribution in [2.24, 2.45) is 5.10 Å². The van der Waals surface area contributed by atoms with E-state index in [4.69, 9.17) is 14.2 Å². The van der Waals surface area contributed by atoms with Crippen molar-refractivity contribution >= 4 is 18.0 Å². The third kappa shape index (κ3) is 6.01. The van der Waals surface area contributed by atoms with E-state index in [1.54, 1.807) is 18.2 Å². The predicted molar refractivity (Wildman–Crippen MR) is 105 cm³/mol. The van der Waals surface area contributed by atoms with Gasteiger partial charge in [-0.1, -0.05) is 12.1 Å². The molecule has 0 saturated heterocycles. The lowest BCUT2D eigenvalue weighted by molar-refractivity contribution is -0.120. The first-order chi connectivity index (χ1) is 13.6. The summed E-state index contributed by atoms with van der Waals surface area (Å²) < 4.78 is 15.7. The zero-order valence-corrected chi connectivity index (χ0v) is 16.0. The van der Waals surface area contributed by atoms with E-state index in [0.29, 0.717) is 23.7 Å². The normalized spacial score (nSPS) is 10.4. The van der Waals surface area contributed by atoms with Crippen molar-refractivity contribution in [1.29, 1.82) is 0 Å². The van der Waals surface area contributed by atoms with Crippen molar-refractivity contribution in [3.63, 3.8) is 0 Å². The third-order valence-corrected chi connectivity index (χ3v) is 3.63. The zero-order chi connectivity index (χ0) is 20.4. The third-order valence-electron chi connectivity index (χ3n) is 3.63. The van der Waals surface area contributed by atoms with Gasteiger partial charge in [-0.2, -0.15) is 5.10 Å². The van der Waals surface area contributed by atoms with Crippen LogP contribution in [0.5, 0.6) is 17.2 Å². The van der Waals surface area contributed by atoms with E-state index in [2.05, 4.69) is 15.8 Å². The standard InChI is InChI=1S/C20H23N3O5/c1-4-28-16-7-5-6-14(10-16)12-22-23-19(24)13-21-20(25)15-8-9-17(26-2)18(11-15)27-3/h5-12H,4,13H2,1-3H3,(H,21,25)(H,23,24)/b22-12+. The molecule has 0 atom stereocenters. The van der Waals surface area contributed by atoms with Gasteiger partial charge in [0.2, 0.25) is 0 Å². The number of hydrazone groups is 1. The van der Waals surface area contributed by atoms with Crippen LogP contribution >= 0.6 is 0 Å². The highest BCUT2D eigenvalue weighted by Crippen LogP contribution is 2.27. The first kappa shape index (κ1) is 20.8. The lowest BCUT2D eigenvalue weighted by Crippen LogP contribution is -2.34. The molecule has 8 heteroatoms. The van der Waals surface area contributed by atoms with E-state index in [-0.39, 0.29) is 6.54 Å². The van der Waals surface area contributed by atoms with Crippen molar-refractivity contribution in [1.82, 2.24) is 10.7 Å². The SMILES string of the molecule is CCOc1cccc(/C=N/NC(=O)CNC(=O)c2ccc(OC)c(OC)c2)c1. The van der Waals surface area contributed by atoms with Crippen LogP contribution in [0.25, 0.3) is 0 Å². The predicted octanol–water partition coefficient (Wildman–Crippen LogP) is 1.98. The van der Waals surface area contributed by atoms with Crippen LogP contribution in [0.4, 0.5) is 0 Å². The number of nitrogens with zero attached hydrogens (tertiary/aromatic N) is 1. The molecule has 2 aromatic carbocycles. The van der Waals surface area contributed by atoms with Gasteiger partial charge in [0.1, 0.15) is 5.75 Å². The Hall–Kier alpha value is -3.55. The van der Waals surface area contributed by atoms with Crippen molar-refractivity contribution in [2.75, 3.05) is 27.4 Å². The Bertz CT molecular complexity index is 851. The Labute approximate surface area is 163 Å². The summed E-state index contributed by atoms with van der Waals surface area (Å²) in [5.74, 6) is 0.800. The monoisotopic (exact) mass is 385 g/mol. The van der Waals surface area contributed by atoms with E-state index in [1.807, 2.05) is 25.1 Å². The summed E-state index contributed by atoms with van der Waals surface area (Å²) in [6.45, 7) is 2.25. The highest BCUT2D eigenvalue weighted by molar-refractivity contribution is 5.97. The second-order valence-electron chi connectivity index (χ2n) is 5.55. The summed E-state index contributed by atoms with van der Waals surface area (Å²) in [5.41, 5.74) is 3.49. The molecule has 0 aliphatic carbocycles. The molecule has 2 rings (SSSR count). The maximum Gasteiger partial charge on any atom is 0.259 e. The average molecular weight is 385 g/mol. The summed E-state index contributed by atoms with van der Waals surface area (Å²) >= 11 is 0. The molecule has 2 N–H and O–H groups in total. The molecule has 2 aromatic rings. The Morgan fingerprint density at radius 1 is 1.07 bits per heavy atom. The molecule has 0 aromatic heterocycles. The highest BCUT2D eigenvalue weighted by Gasteiger charge is 2.11. The maximum atomic E-state index is 12.2. The van der Waals surface area contributed by atoms with Crippen molar-refractivity contribution in [2.45, 2.75) is 6.92 Å². The Kier molecular flexibility index (Phi) is 7.83. The van der Waals surface area contributed by atoms with E-state index in [9.17, 15) is 9.59 Å². The van der Waals surface area contributed by atoms with Crippen molar-refractivity contribution in [3.05, 3.63) is 53.6 Å². The number of amides is 2. The van der Waals surface area contributed by atoms with Gasteiger partial charge >= 0.3 is 0 Å². The molecule has 0 saturated carbocycles. The topological polar surface area (TPSA) is 98.2 Å². The number of hydrogen-bond donors (Lipinski definition) is 2. The van der Waals surface area contributed by atoms with Gasteiger partial charge in [0.25, 0.3) is 11.8 Å². The number of rotatable bonds is 9. The minimum absolute atomic E-state index is 0.219. The largest absolute Gasteiger partial charge is 0.494 e. The first-order valence-corrected chi connectivity index (χ1v) is 8.62. The molecule has 0 aliphatic heterocycles. The van der Waals surface area contributed by atoms with Crippen LogP contribution in [0.15, 0.2) is 47.6 Å². The summed E-state index contributed by atoms with van der Waals surface area (Å²) in [5, 5.41) is 6.40. The number of hydrogen-bond acceptors (Lipinski definition) is 6. The fourth-order valence-corrected chi connectivity index (χ4v) is 2.31. The highest BCUT2D eigenvalue weighted by atomic mass is 16.5. The molecule has 0 radical (unpaired) electrons. The van der Waals surface area contributed by atoms with Crippen molar-refractivity contribution in [3.8, 4) is 17.2 Å². The molecule has 0 aliphatic rings. The van der Waals surface area contributed by atoms with E-state index >= 15 is 0 Å². The minimum atomic E-state index is -0.453. The average Bonchev–Trinajstić information content (AvgIpc) is 2.72. The van der Waals surface area contributed by atoms with Gasteiger partial charge in [-0.3, -0.25) is 9.59 Å². The van der Waals surface area contributed by atoms with E-state index < -0.39 is 11.8 Å². The van der Waals surface area contributed by atoms with E-state index in [0.717, 1.165) is 11.3 Å². The minimum Gasteiger partial charge on any atom is -0.494 e. The summed E-state index contributed by atoms with van der Waals surface area (Å²) in [4.78, 5) is 24.0. The number of ether oxygens (including phenoxy) is 3. The number of methoxy groups -OCH3 is 2. The molecular formula is C20H23N3O5.